The molecule has 0 unspecified atom stereocenters. The molecular weight excluding hydrogens is 455 g/mol. The van der Waals surface area contributed by atoms with Gasteiger partial charge in [-0.25, -0.2) is 4.79 Å². The zero-order chi connectivity index (χ0) is 23.1. The predicted octanol–water partition coefficient (Wildman–Crippen LogP) is 6.77. The van der Waals surface area contributed by atoms with Crippen LogP contribution >= 0.6 is 23.2 Å². The summed E-state index contributed by atoms with van der Waals surface area (Å²) in [6.45, 7) is 0. The Morgan fingerprint density at radius 1 is 0.788 bits per heavy atom. The van der Waals surface area contributed by atoms with Gasteiger partial charge in [0.25, 0.3) is 0 Å². The normalized spacial score (nSPS) is 17.3. The van der Waals surface area contributed by atoms with Crippen LogP contribution in [0.15, 0.2) is 76.6 Å². The molecule has 162 valence electrons. The fourth-order valence-electron chi connectivity index (χ4n) is 4.43. The summed E-state index contributed by atoms with van der Waals surface area (Å²) in [6, 6.07) is 18.4. The summed E-state index contributed by atoms with van der Waals surface area (Å²) in [7, 11) is 0. The highest BCUT2D eigenvalue weighted by Gasteiger charge is 2.46. The minimum atomic E-state index is -0.489. The SMILES string of the molecule is N#CC(C#N)=C1OC(=O)C(=C(C2CC2)C2CC2)C1=C(c1ccc(Cl)cc1)c1ccc(Cl)cc1. The largest absolute Gasteiger partial charge is 0.420 e. The second kappa shape index (κ2) is 8.56. The van der Waals surface area contributed by atoms with E-state index in [1.807, 2.05) is 36.4 Å². The molecule has 0 N–H and O–H groups in total. The number of carbonyl (C=O) groups is 1. The van der Waals surface area contributed by atoms with E-state index in [9.17, 15) is 15.3 Å². The van der Waals surface area contributed by atoms with Gasteiger partial charge in [0.1, 0.15) is 12.1 Å². The number of benzene rings is 2. The van der Waals surface area contributed by atoms with Crippen molar-refractivity contribution in [3.8, 4) is 12.1 Å². The van der Waals surface area contributed by atoms with Gasteiger partial charge in [0, 0.05) is 21.2 Å². The first kappa shape index (κ1) is 21.5. The summed E-state index contributed by atoms with van der Waals surface area (Å²) in [4.78, 5) is 13.3. The van der Waals surface area contributed by atoms with Crippen LogP contribution in [0.3, 0.4) is 0 Å². The maximum absolute atomic E-state index is 13.3. The lowest BCUT2D eigenvalue weighted by molar-refractivity contribution is -0.132. The molecule has 0 aromatic heterocycles. The number of allylic oxidation sites excluding steroid dienone is 3. The van der Waals surface area contributed by atoms with Crippen LogP contribution in [0.25, 0.3) is 5.57 Å². The first-order valence-corrected chi connectivity index (χ1v) is 11.5. The van der Waals surface area contributed by atoms with E-state index in [1.165, 1.54) is 0 Å². The fourth-order valence-corrected chi connectivity index (χ4v) is 4.68. The molecule has 3 fully saturated rings. The Labute approximate surface area is 202 Å². The van der Waals surface area contributed by atoms with Gasteiger partial charge in [-0.15, -0.1) is 0 Å². The molecule has 4 nitrogen and oxygen atoms in total. The van der Waals surface area contributed by atoms with E-state index in [0.717, 1.165) is 42.4 Å². The summed E-state index contributed by atoms with van der Waals surface area (Å²) < 4.78 is 5.67. The van der Waals surface area contributed by atoms with E-state index < -0.39 is 5.97 Å². The van der Waals surface area contributed by atoms with Gasteiger partial charge in [0.15, 0.2) is 11.3 Å². The molecule has 0 radical (unpaired) electrons. The van der Waals surface area contributed by atoms with Crippen LogP contribution in [-0.2, 0) is 9.53 Å². The van der Waals surface area contributed by atoms with Crippen molar-refractivity contribution in [3.05, 3.63) is 97.8 Å². The number of cyclic esters (lactones) is 1. The number of hydrogen-bond acceptors (Lipinski definition) is 4. The van der Waals surface area contributed by atoms with Crippen LogP contribution in [0.1, 0.15) is 36.8 Å². The second-order valence-electron chi connectivity index (χ2n) is 8.46. The van der Waals surface area contributed by atoms with Crippen molar-refractivity contribution < 1.29 is 9.53 Å². The van der Waals surface area contributed by atoms with Crippen molar-refractivity contribution in [3.63, 3.8) is 0 Å². The zero-order valence-electron chi connectivity index (χ0n) is 17.6. The van der Waals surface area contributed by atoms with E-state index >= 15 is 0 Å². The van der Waals surface area contributed by atoms with Crippen LogP contribution in [0, 0.1) is 34.5 Å². The Balaban J connectivity index is 1.91. The third-order valence-corrected chi connectivity index (χ3v) is 6.67. The van der Waals surface area contributed by atoms with Crippen LogP contribution in [-0.4, -0.2) is 5.97 Å². The van der Waals surface area contributed by atoms with Crippen molar-refractivity contribution in [2.45, 2.75) is 25.7 Å². The van der Waals surface area contributed by atoms with Gasteiger partial charge >= 0.3 is 5.97 Å². The van der Waals surface area contributed by atoms with Crippen LogP contribution < -0.4 is 0 Å². The van der Waals surface area contributed by atoms with Gasteiger partial charge in [0.2, 0.25) is 0 Å². The average molecular weight is 473 g/mol. The Kier molecular flexibility index (Phi) is 5.59. The number of hydrogen-bond donors (Lipinski definition) is 0. The molecule has 1 heterocycles. The number of esters is 1. The summed E-state index contributed by atoms with van der Waals surface area (Å²) in [5.74, 6) is 0.230. The van der Waals surface area contributed by atoms with Crippen molar-refractivity contribution >= 4 is 34.7 Å². The Morgan fingerprint density at radius 3 is 1.64 bits per heavy atom. The standard InChI is InChI=1S/C27H18Cl2N2O2/c28-20-9-5-17(6-10-20)22(18-7-11-21(29)12-8-18)24-25(23(15-1-2-15)16-3-4-16)27(32)33-26(24)19(13-30)14-31/h5-12,15-16H,1-4H2. The third-order valence-electron chi connectivity index (χ3n) is 6.17. The molecule has 1 saturated heterocycles. The van der Waals surface area contributed by atoms with Crippen LogP contribution in [0.5, 0.6) is 0 Å². The highest BCUT2D eigenvalue weighted by molar-refractivity contribution is 6.31. The fraction of sp³-hybridized carbons (Fsp3) is 0.222. The number of carbonyl (C=O) groups excluding carboxylic acids is 1. The number of halogens is 2. The molecule has 33 heavy (non-hydrogen) atoms. The van der Waals surface area contributed by atoms with E-state index in [2.05, 4.69) is 0 Å². The predicted molar refractivity (Wildman–Crippen MR) is 126 cm³/mol. The quantitative estimate of drug-likeness (QED) is 0.279. The molecule has 0 bridgehead atoms. The average Bonchev–Trinajstić information content (AvgIpc) is 3.73. The second-order valence-corrected chi connectivity index (χ2v) is 9.33. The highest BCUT2D eigenvalue weighted by Crippen LogP contribution is 2.54. The third kappa shape index (κ3) is 4.09. The minimum Gasteiger partial charge on any atom is -0.420 e. The van der Waals surface area contributed by atoms with Crippen molar-refractivity contribution in [2.75, 3.05) is 0 Å². The highest BCUT2D eigenvalue weighted by atomic mass is 35.5. The molecule has 1 aliphatic heterocycles. The van der Waals surface area contributed by atoms with Gasteiger partial charge in [-0.1, -0.05) is 47.5 Å². The summed E-state index contributed by atoms with van der Waals surface area (Å²) >= 11 is 12.3. The van der Waals surface area contributed by atoms with E-state index in [0.29, 0.717) is 38.6 Å². The smallest absolute Gasteiger partial charge is 0.344 e. The molecule has 3 aliphatic rings. The number of nitriles is 2. The molecule has 0 amide bonds. The lowest BCUT2D eigenvalue weighted by Gasteiger charge is -2.16. The molecule has 2 aliphatic carbocycles. The van der Waals surface area contributed by atoms with E-state index in [-0.39, 0.29) is 11.3 Å². The summed E-state index contributed by atoms with van der Waals surface area (Å²) in [6.07, 6.45) is 4.15. The number of ether oxygens (including phenoxy) is 1. The Morgan fingerprint density at radius 2 is 1.24 bits per heavy atom. The Bertz CT molecular complexity index is 1250. The van der Waals surface area contributed by atoms with Gasteiger partial charge < -0.3 is 4.74 Å². The molecule has 6 heteroatoms. The first-order valence-electron chi connectivity index (χ1n) is 10.8. The molecule has 2 aromatic carbocycles. The monoisotopic (exact) mass is 472 g/mol. The topological polar surface area (TPSA) is 73.9 Å². The summed E-state index contributed by atoms with van der Waals surface area (Å²) in [5.41, 5.74) is 4.22. The van der Waals surface area contributed by atoms with E-state index in [1.54, 1.807) is 24.3 Å². The lowest BCUT2D eigenvalue weighted by Crippen LogP contribution is -2.06. The molecule has 5 rings (SSSR count). The maximum Gasteiger partial charge on any atom is 0.344 e. The molecule has 0 spiro atoms. The zero-order valence-corrected chi connectivity index (χ0v) is 19.1. The summed E-state index contributed by atoms with van der Waals surface area (Å²) in [5, 5.41) is 20.5. The molecular formula is C27H18Cl2N2O2. The van der Waals surface area contributed by atoms with Gasteiger partial charge in [0.05, 0.1) is 5.57 Å². The first-order chi connectivity index (χ1) is 16.0. The number of rotatable bonds is 4. The van der Waals surface area contributed by atoms with E-state index in [4.69, 9.17) is 27.9 Å². The van der Waals surface area contributed by atoms with Gasteiger partial charge in [-0.3, -0.25) is 0 Å². The van der Waals surface area contributed by atoms with Gasteiger partial charge in [-0.05, 0) is 78.5 Å². The molecule has 2 aromatic rings. The molecule has 2 saturated carbocycles. The minimum absolute atomic E-state index is 0.0266. The van der Waals surface area contributed by atoms with Crippen molar-refractivity contribution in [1.29, 1.82) is 10.5 Å². The lowest BCUT2D eigenvalue weighted by atomic mass is 9.85. The Hall–Kier alpha value is -3.31. The van der Waals surface area contributed by atoms with Gasteiger partial charge in [-0.2, -0.15) is 10.5 Å². The van der Waals surface area contributed by atoms with Crippen LogP contribution in [0.4, 0.5) is 0 Å². The molecule has 0 atom stereocenters. The van der Waals surface area contributed by atoms with Crippen LogP contribution in [0.2, 0.25) is 10.0 Å². The maximum atomic E-state index is 13.3. The van der Waals surface area contributed by atoms with Crippen molar-refractivity contribution in [1.82, 2.24) is 0 Å². The van der Waals surface area contributed by atoms with Crippen molar-refractivity contribution in [2.24, 2.45) is 11.8 Å². The number of nitrogens with zero attached hydrogens (tertiary/aromatic N) is 2.